The molecule has 0 aromatic carbocycles. The summed E-state index contributed by atoms with van der Waals surface area (Å²) in [5, 5.41) is 9.67. The lowest BCUT2D eigenvalue weighted by Gasteiger charge is -2.40. The molecule has 1 atom stereocenters. The summed E-state index contributed by atoms with van der Waals surface area (Å²) in [6.07, 6.45) is 5.47. The predicted molar refractivity (Wildman–Crippen MR) is 92.0 cm³/mol. The lowest BCUT2D eigenvalue weighted by molar-refractivity contribution is -0.156. The molecule has 0 bridgehead atoms. The maximum Gasteiger partial charge on any atom is 0.311 e. The van der Waals surface area contributed by atoms with E-state index < -0.39 is 11.4 Å². The zero-order valence-corrected chi connectivity index (χ0v) is 15.2. The van der Waals surface area contributed by atoms with Gasteiger partial charge in [-0.25, -0.2) is 0 Å². The van der Waals surface area contributed by atoms with E-state index in [0.717, 1.165) is 25.8 Å². The third-order valence-corrected chi connectivity index (χ3v) is 5.43. The Kier molecular flexibility index (Phi) is 7.23. The van der Waals surface area contributed by atoms with Crippen molar-refractivity contribution in [3.63, 3.8) is 0 Å². The first-order valence-electron chi connectivity index (χ1n) is 9.26. The summed E-state index contributed by atoms with van der Waals surface area (Å²) in [7, 11) is 1.56. The fourth-order valence-corrected chi connectivity index (χ4v) is 3.79. The number of rotatable bonds is 7. The van der Waals surface area contributed by atoms with E-state index in [1.807, 2.05) is 0 Å². The van der Waals surface area contributed by atoms with Crippen LogP contribution in [0.4, 0.5) is 0 Å². The molecule has 2 aliphatic heterocycles. The van der Waals surface area contributed by atoms with Crippen LogP contribution in [0.3, 0.4) is 0 Å². The summed E-state index contributed by atoms with van der Waals surface area (Å²) in [4.78, 5) is 39.8. The molecule has 0 spiro atoms. The average Bonchev–Trinajstić information content (AvgIpc) is 2.82. The van der Waals surface area contributed by atoms with Gasteiger partial charge in [-0.15, -0.1) is 0 Å². The van der Waals surface area contributed by atoms with Gasteiger partial charge in [0, 0.05) is 52.7 Å². The van der Waals surface area contributed by atoms with Crippen molar-refractivity contribution in [1.29, 1.82) is 0 Å². The standard InChI is InChI=1S/C18H30N2O5/c1-25-13-9-18(17(23)24)8-5-11-20(14-18)16(22)7-12-19-10-4-2-3-6-15(19)21/h2-14H2,1H3,(H,23,24). The van der Waals surface area contributed by atoms with Crippen LogP contribution >= 0.6 is 0 Å². The molecule has 2 heterocycles. The van der Waals surface area contributed by atoms with Gasteiger partial charge >= 0.3 is 5.97 Å². The lowest BCUT2D eigenvalue weighted by Crippen LogP contribution is -2.51. The molecule has 1 unspecified atom stereocenters. The normalized spacial score (nSPS) is 24.9. The van der Waals surface area contributed by atoms with Crippen LogP contribution in [0.2, 0.25) is 0 Å². The Labute approximate surface area is 149 Å². The van der Waals surface area contributed by atoms with Crippen molar-refractivity contribution in [2.75, 3.05) is 39.9 Å². The molecular formula is C18H30N2O5. The van der Waals surface area contributed by atoms with E-state index in [1.54, 1.807) is 16.9 Å². The van der Waals surface area contributed by atoms with E-state index >= 15 is 0 Å². The van der Waals surface area contributed by atoms with Gasteiger partial charge in [-0.2, -0.15) is 0 Å². The largest absolute Gasteiger partial charge is 0.481 e. The van der Waals surface area contributed by atoms with E-state index in [-0.39, 0.29) is 24.8 Å². The molecule has 0 aromatic heterocycles. The number of nitrogens with zero attached hydrogens (tertiary/aromatic N) is 2. The van der Waals surface area contributed by atoms with Crippen molar-refractivity contribution < 1.29 is 24.2 Å². The summed E-state index contributed by atoms with van der Waals surface area (Å²) < 4.78 is 5.06. The minimum absolute atomic E-state index is 0.0558. The Balaban J connectivity index is 1.91. The van der Waals surface area contributed by atoms with Crippen molar-refractivity contribution in [1.82, 2.24) is 9.80 Å². The first kappa shape index (κ1) is 19.7. The second-order valence-electron chi connectivity index (χ2n) is 7.19. The maximum atomic E-state index is 12.6. The van der Waals surface area contributed by atoms with E-state index in [2.05, 4.69) is 0 Å². The molecule has 2 amide bonds. The Morgan fingerprint density at radius 3 is 2.72 bits per heavy atom. The number of amides is 2. The first-order valence-corrected chi connectivity index (χ1v) is 9.26. The van der Waals surface area contributed by atoms with Crippen molar-refractivity contribution >= 4 is 17.8 Å². The minimum atomic E-state index is -0.914. The monoisotopic (exact) mass is 354 g/mol. The Morgan fingerprint density at radius 2 is 2.00 bits per heavy atom. The van der Waals surface area contributed by atoms with Crippen LogP contribution in [-0.2, 0) is 19.1 Å². The number of hydrogen-bond donors (Lipinski definition) is 1. The smallest absolute Gasteiger partial charge is 0.311 e. The number of carbonyl (C=O) groups excluding carboxylic acids is 2. The van der Waals surface area contributed by atoms with Crippen molar-refractivity contribution in [3.8, 4) is 0 Å². The van der Waals surface area contributed by atoms with Gasteiger partial charge in [-0.3, -0.25) is 14.4 Å². The highest BCUT2D eigenvalue weighted by molar-refractivity contribution is 5.81. The molecule has 1 N–H and O–H groups in total. The van der Waals surface area contributed by atoms with E-state index in [1.165, 1.54) is 0 Å². The Hall–Kier alpha value is -1.63. The quantitative estimate of drug-likeness (QED) is 0.749. The zero-order chi connectivity index (χ0) is 18.3. The van der Waals surface area contributed by atoms with Crippen LogP contribution < -0.4 is 0 Å². The Morgan fingerprint density at radius 1 is 1.20 bits per heavy atom. The van der Waals surface area contributed by atoms with Gasteiger partial charge in [0.15, 0.2) is 0 Å². The number of hydrogen-bond acceptors (Lipinski definition) is 4. The van der Waals surface area contributed by atoms with Crippen LogP contribution in [0.1, 0.15) is 51.4 Å². The van der Waals surface area contributed by atoms with Gasteiger partial charge in [0.1, 0.15) is 0 Å². The van der Waals surface area contributed by atoms with Gasteiger partial charge in [-0.1, -0.05) is 6.42 Å². The van der Waals surface area contributed by atoms with Crippen LogP contribution in [-0.4, -0.2) is 72.6 Å². The van der Waals surface area contributed by atoms with Crippen LogP contribution in [0.5, 0.6) is 0 Å². The fraction of sp³-hybridized carbons (Fsp3) is 0.833. The van der Waals surface area contributed by atoms with Gasteiger partial charge < -0.3 is 19.6 Å². The minimum Gasteiger partial charge on any atom is -0.481 e. The number of methoxy groups -OCH3 is 1. The van der Waals surface area contributed by atoms with Crippen LogP contribution in [0, 0.1) is 5.41 Å². The molecule has 2 fully saturated rings. The molecule has 0 aromatic rings. The first-order chi connectivity index (χ1) is 12.0. The van der Waals surface area contributed by atoms with Gasteiger partial charge in [0.25, 0.3) is 0 Å². The molecule has 142 valence electrons. The van der Waals surface area contributed by atoms with E-state index in [0.29, 0.717) is 45.4 Å². The van der Waals surface area contributed by atoms with Crippen LogP contribution in [0.15, 0.2) is 0 Å². The molecule has 7 heteroatoms. The number of piperidine rings is 1. The maximum absolute atomic E-state index is 12.6. The summed E-state index contributed by atoms with van der Waals surface area (Å²) in [6, 6.07) is 0. The molecule has 2 rings (SSSR count). The van der Waals surface area contributed by atoms with Gasteiger partial charge in [0.2, 0.25) is 11.8 Å². The Bertz CT molecular complexity index is 496. The number of likely N-dealkylation sites (tertiary alicyclic amines) is 2. The van der Waals surface area contributed by atoms with Crippen molar-refractivity contribution in [2.24, 2.45) is 5.41 Å². The summed E-state index contributed by atoms with van der Waals surface area (Å²) in [6.45, 7) is 2.36. The third kappa shape index (κ3) is 5.17. The molecule has 25 heavy (non-hydrogen) atoms. The van der Waals surface area contributed by atoms with Crippen molar-refractivity contribution in [3.05, 3.63) is 0 Å². The lowest BCUT2D eigenvalue weighted by atomic mass is 9.77. The fourth-order valence-electron chi connectivity index (χ4n) is 3.79. The highest BCUT2D eigenvalue weighted by atomic mass is 16.5. The number of carboxylic acid groups (broad SMARTS) is 1. The average molecular weight is 354 g/mol. The zero-order valence-electron chi connectivity index (χ0n) is 15.2. The molecule has 0 radical (unpaired) electrons. The number of carboxylic acids is 1. The SMILES string of the molecule is COCCC1(C(=O)O)CCCN(C(=O)CCN2CCCCCC2=O)C1. The summed E-state index contributed by atoms with van der Waals surface area (Å²) in [5.74, 6) is -0.784. The van der Waals surface area contributed by atoms with Gasteiger partial charge in [0.05, 0.1) is 5.41 Å². The van der Waals surface area contributed by atoms with E-state index in [4.69, 9.17) is 4.74 Å². The van der Waals surface area contributed by atoms with Crippen LogP contribution in [0.25, 0.3) is 0 Å². The third-order valence-electron chi connectivity index (χ3n) is 5.43. The molecule has 0 aliphatic carbocycles. The number of carbonyl (C=O) groups is 3. The van der Waals surface area contributed by atoms with E-state index in [9.17, 15) is 19.5 Å². The summed E-state index contributed by atoms with van der Waals surface area (Å²) >= 11 is 0. The summed E-state index contributed by atoms with van der Waals surface area (Å²) in [5.41, 5.74) is -0.914. The predicted octanol–water partition coefficient (Wildman–Crippen LogP) is 1.51. The highest BCUT2D eigenvalue weighted by Crippen LogP contribution is 2.34. The molecule has 2 saturated heterocycles. The molecule has 0 saturated carbocycles. The molecule has 7 nitrogen and oxygen atoms in total. The second-order valence-corrected chi connectivity index (χ2v) is 7.19. The van der Waals surface area contributed by atoms with Gasteiger partial charge in [-0.05, 0) is 32.1 Å². The topological polar surface area (TPSA) is 87.2 Å². The molecular weight excluding hydrogens is 324 g/mol. The second kappa shape index (κ2) is 9.17. The highest BCUT2D eigenvalue weighted by Gasteiger charge is 2.43. The molecule has 2 aliphatic rings. The number of aliphatic carboxylic acids is 1. The number of ether oxygens (including phenoxy) is 1. The van der Waals surface area contributed by atoms with Crippen molar-refractivity contribution in [2.45, 2.75) is 51.4 Å².